The van der Waals surface area contributed by atoms with E-state index in [0.717, 1.165) is 29.0 Å². The van der Waals surface area contributed by atoms with Crippen LogP contribution in [-0.2, 0) is 16.0 Å². The van der Waals surface area contributed by atoms with E-state index in [4.69, 9.17) is 20.6 Å². The molecule has 0 saturated heterocycles. The number of benzene rings is 2. The number of nitrogens with two attached hydrogens (primary N) is 1. The molecule has 0 saturated carbocycles. The quantitative estimate of drug-likeness (QED) is 0.384. The van der Waals surface area contributed by atoms with Gasteiger partial charge in [-0.2, -0.15) is 0 Å². The number of carbonyl (C=O) groups excluding carboxylic acids is 1. The predicted molar refractivity (Wildman–Crippen MR) is 103 cm³/mol. The Balaban J connectivity index is 2.34. The second-order valence-electron chi connectivity index (χ2n) is 5.75. The molecule has 1 atom stereocenters. The van der Waals surface area contributed by atoms with E-state index < -0.39 is 6.04 Å². The summed E-state index contributed by atoms with van der Waals surface area (Å²) in [5, 5.41) is 10.7. The number of aryl methyl sites for hydroxylation is 1. The van der Waals surface area contributed by atoms with Crippen LogP contribution >= 0.6 is 0 Å². The Morgan fingerprint density at radius 2 is 1.88 bits per heavy atom. The average Bonchev–Trinajstić information content (AvgIpc) is 2.66. The van der Waals surface area contributed by atoms with Gasteiger partial charge in [-0.05, 0) is 60.9 Å². The highest BCUT2D eigenvalue weighted by molar-refractivity contribution is 5.95. The SMILES string of the molecule is CCOC(=O)C(Nc1ccc(C(=N)N)cc1)c1ccc(OC)c(CC)c1. The van der Waals surface area contributed by atoms with Gasteiger partial charge in [-0.15, -0.1) is 0 Å². The van der Waals surface area contributed by atoms with Gasteiger partial charge in [0.2, 0.25) is 0 Å². The maximum absolute atomic E-state index is 12.5. The Morgan fingerprint density at radius 1 is 1.19 bits per heavy atom. The molecular formula is C20H25N3O3. The molecule has 0 radical (unpaired) electrons. The Kier molecular flexibility index (Phi) is 6.60. The van der Waals surface area contributed by atoms with Gasteiger partial charge in [0.05, 0.1) is 13.7 Å². The number of anilines is 1. The molecule has 138 valence electrons. The van der Waals surface area contributed by atoms with Crippen LogP contribution in [0.1, 0.15) is 36.6 Å². The minimum Gasteiger partial charge on any atom is -0.496 e. The van der Waals surface area contributed by atoms with Crippen molar-refractivity contribution in [3.05, 3.63) is 59.2 Å². The average molecular weight is 355 g/mol. The zero-order chi connectivity index (χ0) is 19.1. The highest BCUT2D eigenvalue weighted by atomic mass is 16.5. The number of ether oxygens (including phenoxy) is 2. The van der Waals surface area contributed by atoms with Gasteiger partial charge in [0.15, 0.2) is 6.04 Å². The lowest BCUT2D eigenvalue weighted by atomic mass is 10.0. The number of hydrogen-bond acceptors (Lipinski definition) is 5. The lowest BCUT2D eigenvalue weighted by Crippen LogP contribution is -2.23. The maximum Gasteiger partial charge on any atom is 0.333 e. The summed E-state index contributed by atoms with van der Waals surface area (Å²) in [7, 11) is 1.63. The number of nitrogen functional groups attached to an aromatic ring is 1. The van der Waals surface area contributed by atoms with Crippen LogP contribution in [0.5, 0.6) is 5.75 Å². The molecule has 26 heavy (non-hydrogen) atoms. The van der Waals surface area contributed by atoms with Gasteiger partial charge in [-0.1, -0.05) is 13.0 Å². The van der Waals surface area contributed by atoms with Crippen molar-refractivity contribution in [1.29, 1.82) is 5.41 Å². The molecule has 0 amide bonds. The third-order valence-electron chi connectivity index (χ3n) is 4.05. The summed E-state index contributed by atoms with van der Waals surface area (Å²) in [5.41, 5.74) is 8.67. The first-order valence-electron chi connectivity index (χ1n) is 8.54. The lowest BCUT2D eigenvalue weighted by molar-refractivity contribution is -0.144. The van der Waals surface area contributed by atoms with Crippen molar-refractivity contribution < 1.29 is 14.3 Å². The van der Waals surface area contributed by atoms with Crippen LogP contribution in [0.25, 0.3) is 0 Å². The minimum absolute atomic E-state index is 0.00114. The van der Waals surface area contributed by atoms with E-state index in [1.807, 2.05) is 25.1 Å². The summed E-state index contributed by atoms with van der Waals surface area (Å²) < 4.78 is 10.6. The van der Waals surface area contributed by atoms with E-state index in [-0.39, 0.29) is 11.8 Å². The molecule has 0 bridgehead atoms. The van der Waals surface area contributed by atoms with Crippen molar-refractivity contribution in [3.8, 4) is 5.75 Å². The largest absolute Gasteiger partial charge is 0.496 e. The first-order chi connectivity index (χ1) is 12.5. The molecule has 6 heteroatoms. The van der Waals surface area contributed by atoms with Gasteiger partial charge < -0.3 is 20.5 Å². The molecule has 2 aromatic rings. The smallest absolute Gasteiger partial charge is 0.333 e. The number of carbonyl (C=O) groups is 1. The number of rotatable bonds is 8. The van der Waals surface area contributed by atoms with Crippen LogP contribution in [0, 0.1) is 5.41 Å². The highest BCUT2D eigenvalue weighted by Gasteiger charge is 2.23. The van der Waals surface area contributed by atoms with Crippen molar-refractivity contribution in [1.82, 2.24) is 0 Å². The van der Waals surface area contributed by atoms with E-state index >= 15 is 0 Å². The fraction of sp³-hybridized carbons (Fsp3) is 0.300. The van der Waals surface area contributed by atoms with Crippen LogP contribution in [-0.4, -0.2) is 25.5 Å². The molecule has 0 fully saturated rings. The van der Waals surface area contributed by atoms with Gasteiger partial charge in [0.25, 0.3) is 0 Å². The number of nitrogens with one attached hydrogen (secondary N) is 2. The molecule has 0 spiro atoms. The second-order valence-corrected chi connectivity index (χ2v) is 5.75. The molecule has 0 aliphatic rings. The van der Waals surface area contributed by atoms with Crippen LogP contribution in [0.3, 0.4) is 0 Å². The standard InChI is InChI=1S/C20H25N3O3/c1-4-13-12-15(8-11-17(13)25-3)18(20(24)26-5-2)23-16-9-6-14(7-10-16)19(21)22/h6-12,18,23H,4-5H2,1-3H3,(H3,21,22). The highest BCUT2D eigenvalue weighted by Crippen LogP contribution is 2.27. The topological polar surface area (TPSA) is 97.4 Å². The van der Waals surface area contributed by atoms with E-state index in [1.165, 1.54) is 0 Å². The molecule has 2 rings (SSSR count). The van der Waals surface area contributed by atoms with Crippen LogP contribution in [0.4, 0.5) is 5.69 Å². The predicted octanol–water partition coefficient (Wildman–Crippen LogP) is 3.26. The number of amidine groups is 1. The molecular weight excluding hydrogens is 330 g/mol. The molecule has 0 aliphatic heterocycles. The van der Waals surface area contributed by atoms with E-state index in [1.54, 1.807) is 38.3 Å². The molecule has 0 heterocycles. The molecule has 6 nitrogen and oxygen atoms in total. The van der Waals surface area contributed by atoms with Crippen molar-refractivity contribution in [2.75, 3.05) is 19.0 Å². The zero-order valence-electron chi connectivity index (χ0n) is 15.3. The fourth-order valence-corrected chi connectivity index (χ4v) is 2.67. The summed E-state index contributed by atoms with van der Waals surface area (Å²) >= 11 is 0. The number of hydrogen-bond donors (Lipinski definition) is 3. The fourth-order valence-electron chi connectivity index (χ4n) is 2.67. The maximum atomic E-state index is 12.5. The number of methoxy groups -OCH3 is 1. The normalized spacial score (nSPS) is 11.5. The Bertz CT molecular complexity index is 772. The summed E-state index contributed by atoms with van der Waals surface area (Å²) in [6.45, 7) is 4.12. The van der Waals surface area contributed by atoms with Gasteiger partial charge >= 0.3 is 5.97 Å². The third kappa shape index (κ3) is 4.53. The monoisotopic (exact) mass is 355 g/mol. The summed E-state index contributed by atoms with van der Waals surface area (Å²) in [6, 6.07) is 12.1. The molecule has 1 unspecified atom stereocenters. The zero-order valence-corrected chi connectivity index (χ0v) is 15.3. The van der Waals surface area contributed by atoms with E-state index in [2.05, 4.69) is 5.32 Å². The second kappa shape index (κ2) is 8.89. The van der Waals surface area contributed by atoms with Crippen LogP contribution in [0.2, 0.25) is 0 Å². The van der Waals surface area contributed by atoms with Crippen molar-refractivity contribution in [3.63, 3.8) is 0 Å². The first kappa shape index (κ1) is 19.3. The van der Waals surface area contributed by atoms with E-state index in [9.17, 15) is 4.79 Å². The van der Waals surface area contributed by atoms with Crippen molar-refractivity contribution in [2.45, 2.75) is 26.3 Å². The van der Waals surface area contributed by atoms with Gasteiger partial charge in [-0.3, -0.25) is 5.41 Å². The number of esters is 1. The Hall–Kier alpha value is -3.02. The molecule has 4 N–H and O–H groups in total. The summed E-state index contributed by atoms with van der Waals surface area (Å²) in [5.74, 6) is 0.446. The van der Waals surface area contributed by atoms with Gasteiger partial charge in [0, 0.05) is 11.3 Å². The first-order valence-corrected chi connectivity index (χ1v) is 8.54. The van der Waals surface area contributed by atoms with Crippen molar-refractivity contribution in [2.24, 2.45) is 5.73 Å². The van der Waals surface area contributed by atoms with Crippen LogP contribution in [0.15, 0.2) is 42.5 Å². The summed E-state index contributed by atoms with van der Waals surface area (Å²) in [6.07, 6.45) is 0.792. The van der Waals surface area contributed by atoms with Gasteiger partial charge in [0.1, 0.15) is 11.6 Å². The molecule has 0 aromatic heterocycles. The lowest BCUT2D eigenvalue weighted by Gasteiger charge is -2.20. The van der Waals surface area contributed by atoms with E-state index in [0.29, 0.717) is 12.2 Å². The minimum atomic E-state index is -0.644. The van der Waals surface area contributed by atoms with Gasteiger partial charge in [-0.25, -0.2) is 4.79 Å². The van der Waals surface area contributed by atoms with Crippen molar-refractivity contribution >= 4 is 17.5 Å². The van der Waals surface area contributed by atoms with Crippen LogP contribution < -0.4 is 15.8 Å². The molecule has 0 aliphatic carbocycles. The Morgan fingerprint density at radius 3 is 2.42 bits per heavy atom. The third-order valence-corrected chi connectivity index (χ3v) is 4.05. The summed E-state index contributed by atoms with van der Waals surface area (Å²) in [4.78, 5) is 12.5. The Labute approximate surface area is 153 Å². The molecule has 2 aromatic carbocycles.